The SMILES string of the molecule is O=C(NC1(CF)CCNCC1)OCc1ccccc1. The highest BCUT2D eigenvalue weighted by atomic mass is 19.1. The van der Waals surface area contributed by atoms with Crippen LogP contribution in [-0.2, 0) is 11.3 Å². The summed E-state index contributed by atoms with van der Waals surface area (Å²) in [6.45, 7) is 1.06. The molecule has 0 spiro atoms. The number of benzene rings is 1. The summed E-state index contributed by atoms with van der Waals surface area (Å²) in [6.07, 6.45) is 0.622. The van der Waals surface area contributed by atoms with Gasteiger partial charge in [-0.25, -0.2) is 9.18 Å². The number of piperidine rings is 1. The van der Waals surface area contributed by atoms with Crippen LogP contribution >= 0.6 is 0 Å². The molecule has 19 heavy (non-hydrogen) atoms. The summed E-state index contributed by atoms with van der Waals surface area (Å²) < 4.78 is 18.3. The molecule has 1 saturated heterocycles. The Bertz CT molecular complexity index is 405. The van der Waals surface area contributed by atoms with Crippen molar-refractivity contribution >= 4 is 6.09 Å². The van der Waals surface area contributed by atoms with E-state index in [0.717, 1.165) is 5.56 Å². The number of halogens is 1. The lowest BCUT2D eigenvalue weighted by Gasteiger charge is -2.35. The quantitative estimate of drug-likeness (QED) is 0.876. The average Bonchev–Trinajstić information content (AvgIpc) is 2.47. The number of carbonyl (C=O) groups excluding carboxylic acids is 1. The minimum absolute atomic E-state index is 0.202. The highest BCUT2D eigenvalue weighted by molar-refractivity contribution is 5.68. The molecular weight excluding hydrogens is 247 g/mol. The van der Waals surface area contributed by atoms with Gasteiger partial charge in [0, 0.05) is 0 Å². The van der Waals surface area contributed by atoms with Crippen LogP contribution in [0.15, 0.2) is 30.3 Å². The minimum Gasteiger partial charge on any atom is -0.445 e. The van der Waals surface area contributed by atoms with Crippen LogP contribution in [-0.4, -0.2) is 31.4 Å². The van der Waals surface area contributed by atoms with Gasteiger partial charge in [0.1, 0.15) is 13.3 Å². The van der Waals surface area contributed by atoms with Gasteiger partial charge in [0.25, 0.3) is 0 Å². The number of hydrogen-bond acceptors (Lipinski definition) is 3. The fraction of sp³-hybridized carbons (Fsp3) is 0.500. The van der Waals surface area contributed by atoms with Gasteiger partial charge in [-0.05, 0) is 31.5 Å². The molecule has 0 bridgehead atoms. The van der Waals surface area contributed by atoms with E-state index in [1.165, 1.54) is 0 Å². The summed E-state index contributed by atoms with van der Waals surface area (Å²) in [7, 11) is 0. The molecule has 1 fully saturated rings. The average molecular weight is 266 g/mol. The highest BCUT2D eigenvalue weighted by Gasteiger charge is 2.34. The Labute approximate surface area is 112 Å². The van der Waals surface area contributed by atoms with Crippen molar-refractivity contribution in [2.24, 2.45) is 0 Å². The fourth-order valence-electron chi connectivity index (χ4n) is 2.17. The summed E-state index contributed by atoms with van der Waals surface area (Å²) in [5.41, 5.74) is 0.149. The molecule has 0 unspecified atom stereocenters. The first-order chi connectivity index (χ1) is 9.24. The van der Waals surface area contributed by atoms with Crippen LogP contribution in [0.25, 0.3) is 0 Å². The van der Waals surface area contributed by atoms with Gasteiger partial charge in [0.2, 0.25) is 0 Å². The molecule has 0 radical (unpaired) electrons. The van der Waals surface area contributed by atoms with E-state index in [0.29, 0.717) is 25.9 Å². The topological polar surface area (TPSA) is 50.4 Å². The summed E-state index contributed by atoms with van der Waals surface area (Å²) in [6, 6.07) is 9.42. The van der Waals surface area contributed by atoms with E-state index in [-0.39, 0.29) is 6.61 Å². The smallest absolute Gasteiger partial charge is 0.407 e. The Morgan fingerprint density at radius 2 is 2.00 bits per heavy atom. The maximum Gasteiger partial charge on any atom is 0.407 e. The van der Waals surface area contributed by atoms with E-state index in [1.807, 2.05) is 30.3 Å². The van der Waals surface area contributed by atoms with Crippen LogP contribution in [0.3, 0.4) is 0 Å². The maximum atomic E-state index is 13.2. The molecule has 1 aromatic rings. The van der Waals surface area contributed by atoms with Gasteiger partial charge in [0.05, 0.1) is 5.54 Å². The number of hydrogen-bond donors (Lipinski definition) is 2. The molecule has 0 aliphatic carbocycles. The van der Waals surface area contributed by atoms with Crippen LogP contribution in [0, 0.1) is 0 Å². The summed E-state index contributed by atoms with van der Waals surface area (Å²) >= 11 is 0. The van der Waals surface area contributed by atoms with Crippen LogP contribution < -0.4 is 10.6 Å². The zero-order chi connectivity index (χ0) is 13.6. The van der Waals surface area contributed by atoms with E-state index in [4.69, 9.17) is 4.74 Å². The number of nitrogens with one attached hydrogen (secondary N) is 2. The molecule has 1 aliphatic rings. The van der Waals surface area contributed by atoms with Crippen LogP contribution in [0.4, 0.5) is 9.18 Å². The normalized spacial score (nSPS) is 17.7. The molecule has 1 heterocycles. The summed E-state index contributed by atoms with van der Waals surface area (Å²) in [5.74, 6) is 0. The predicted molar refractivity (Wildman–Crippen MR) is 70.6 cm³/mol. The lowest BCUT2D eigenvalue weighted by Crippen LogP contribution is -2.56. The number of rotatable bonds is 4. The largest absolute Gasteiger partial charge is 0.445 e. The Kier molecular flexibility index (Phi) is 4.74. The Hall–Kier alpha value is -1.62. The summed E-state index contributed by atoms with van der Waals surface area (Å²) in [4.78, 5) is 11.7. The molecule has 0 atom stereocenters. The number of ether oxygens (including phenoxy) is 1. The molecule has 1 amide bonds. The van der Waals surface area contributed by atoms with Crippen molar-refractivity contribution in [3.05, 3.63) is 35.9 Å². The highest BCUT2D eigenvalue weighted by Crippen LogP contribution is 2.19. The van der Waals surface area contributed by atoms with Gasteiger partial charge in [-0.2, -0.15) is 0 Å². The molecule has 2 rings (SSSR count). The van der Waals surface area contributed by atoms with E-state index < -0.39 is 18.3 Å². The molecule has 2 N–H and O–H groups in total. The van der Waals surface area contributed by atoms with Gasteiger partial charge < -0.3 is 15.4 Å². The van der Waals surface area contributed by atoms with Crippen molar-refractivity contribution in [3.8, 4) is 0 Å². The fourth-order valence-corrected chi connectivity index (χ4v) is 2.17. The Morgan fingerprint density at radius 1 is 1.32 bits per heavy atom. The van der Waals surface area contributed by atoms with Crippen molar-refractivity contribution in [2.75, 3.05) is 19.8 Å². The number of amides is 1. The first-order valence-corrected chi connectivity index (χ1v) is 6.50. The van der Waals surface area contributed by atoms with Gasteiger partial charge >= 0.3 is 6.09 Å². The lowest BCUT2D eigenvalue weighted by molar-refractivity contribution is 0.111. The maximum absolute atomic E-state index is 13.2. The number of carbonyl (C=O) groups is 1. The zero-order valence-electron chi connectivity index (χ0n) is 10.8. The van der Waals surface area contributed by atoms with E-state index >= 15 is 0 Å². The zero-order valence-corrected chi connectivity index (χ0v) is 10.8. The third kappa shape index (κ3) is 3.92. The number of alkyl carbamates (subject to hydrolysis) is 1. The molecule has 5 heteroatoms. The summed E-state index contributed by atoms with van der Waals surface area (Å²) in [5, 5.41) is 5.82. The molecule has 1 aliphatic heterocycles. The van der Waals surface area contributed by atoms with Gasteiger partial charge in [-0.3, -0.25) is 0 Å². The molecule has 4 nitrogen and oxygen atoms in total. The van der Waals surface area contributed by atoms with Gasteiger partial charge in [0.15, 0.2) is 0 Å². The van der Waals surface area contributed by atoms with Gasteiger partial charge in [-0.15, -0.1) is 0 Å². The van der Waals surface area contributed by atoms with Crippen molar-refractivity contribution in [2.45, 2.75) is 25.0 Å². The first-order valence-electron chi connectivity index (χ1n) is 6.50. The molecule has 104 valence electrons. The monoisotopic (exact) mass is 266 g/mol. The van der Waals surface area contributed by atoms with E-state index in [9.17, 15) is 9.18 Å². The predicted octanol–water partition coefficient (Wildman–Crippen LogP) is 2.00. The Morgan fingerprint density at radius 3 is 2.63 bits per heavy atom. The van der Waals surface area contributed by atoms with Crippen molar-refractivity contribution < 1.29 is 13.9 Å². The van der Waals surface area contributed by atoms with Crippen LogP contribution in [0.5, 0.6) is 0 Å². The lowest BCUT2D eigenvalue weighted by atomic mass is 9.90. The molecule has 1 aromatic carbocycles. The Balaban J connectivity index is 1.83. The van der Waals surface area contributed by atoms with Crippen LogP contribution in [0.2, 0.25) is 0 Å². The molecular formula is C14H19FN2O2. The first kappa shape index (κ1) is 13.8. The third-order valence-corrected chi connectivity index (χ3v) is 3.40. The second kappa shape index (κ2) is 6.52. The van der Waals surface area contributed by atoms with E-state index in [1.54, 1.807) is 0 Å². The number of alkyl halides is 1. The second-order valence-corrected chi connectivity index (χ2v) is 4.85. The standard InChI is InChI=1S/C14H19FN2O2/c15-11-14(6-8-16-9-7-14)17-13(18)19-10-12-4-2-1-3-5-12/h1-5,16H,6-11H2,(H,17,18). The molecule has 0 aromatic heterocycles. The second-order valence-electron chi connectivity index (χ2n) is 4.85. The van der Waals surface area contributed by atoms with Crippen LogP contribution in [0.1, 0.15) is 18.4 Å². The van der Waals surface area contributed by atoms with Crippen molar-refractivity contribution in [3.63, 3.8) is 0 Å². The third-order valence-electron chi connectivity index (χ3n) is 3.40. The van der Waals surface area contributed by atoms with Gasteiger partial charge in [-0.1, -0.05) is 30.3 Å². The minimum atomic E-state index is -0.765. The van der Waals surface area contributed by atoms with Crippen molar-refractivity contribution in [1.82, 2.24) is 10.6 Å². The molecule has 0 saturated carbocycles. The van der Waals surface area contributed by atoms with E-state index in [2.05, 4.69) is 10.6 Å². The van der Waals surface area contributed by atoms with Crippen molar-refractivity contribution in [1.29, 1.82) is 0 Å².